The van der Waals surface area contributed by atoms with Gasteiger partial charge in [0.05, 0.1) is 0 Å². The molecule has 2 nitrogen and oxygen atoms in total. The first-order chi connectivity index (χ1) is 8.40. The van der Waals surface area contributed by atoms with E-state index in [1.54, 1.807) is 18.4 Å². The molecule has 0 spiro atoms. The van der Waals surface area contributed by atoms with Gasteiger partial charge in [-0.3, -0.25) is 12.1 Å². The SMILES string of the molecule is [Fe+2].[O-]C=C1C=CC=C1.c1c[cH-]c(-[c-]2ccc[o+]2)c1. The van der Waals surface area contributed by atoms with E-state index >= 15 is 0 Å². The Hall–Kier alpha value is -1.83. The van der Waals surface area contributed by atoms with E-state index in [0.29, 0.717) is 0 Å². The normalized spacial score (nSPS) is 11.7. The van der Waals surface area contributed by atoms with Gasteiger partial charge in [0.25, 0.3) is 6.26 Å². The number of rotatable bonds is 1. The molecule has 1 aromatic carbocycles. The van der Waals surface area contributed by atoms with Crippen LogP contribution in [0.5, 0.6) is 0 Å². The van der Waals surface area contributed by atoms with Crippen molar-refractivity contribution in [1.29, 1.82) is 0 Å². The van der Waals surface area contributed by atoms with Gasteiger partial charge in [-0.1, -0.05) is 24.3 Å². The van der Waals surface area contributed by atoms with Gasteiger partial charge in [0, 0.05) is 6.07 Å². The fourth-order valence-corrected chi connectivity index (χ4v) is 1.45. The van der Waals surface area contributed by atoms with Crippen molar-refractivity contribution in [2.45, 2.75) is 0 Å². The van der Waals surface area contributed by atoms with Crippen LogP contribution in [0.3, 0.4) is 0 Å². The van der Waals surface area contributed by atoms with Crippen LogP contribution in [0.4, 0.5) is 0 Å². The van der Waals surface area contributed by atoms with Crippen molar-refractivity contribution in [2.24, 2.45) is 0 Å². The molecule has 92 valence electrons. The van der Waals surface area contributed by atoms with E-state index in [0.717, 1.165) is 23.2 Å². The Kier molecular flexibility index (Phi) is 5.92. The van der Waals surface area contributed by atoms with Crippen LogP contribution >= 0.6 is 0 Å². The molecule has 0 amide bonds. The van der Waals surface area contributed by atoms with E-state index in [-0.39, 0.29) is 17.1 Å². The second kappa shape index (κ2) is 7.49. The molecule has 0 atom stereocenters. The molecule has 0 radical (unpaired) electrons. The van der Waals surface area contributed by atoms with Crippen molar-refractivity contribution in [3.05, 3.63) is 78.8 Å². The average Bonchev–Trinajstić information content (AvgIpc) is 3.12. The molecule has 0 saturated carbocycles. The van der Waals surface area contributed by atoms with Gasteiger partial charge < -0.3 is 9.52 Å². The van der Waals surface area contributed by atoms with Crippen LogP contribution in [0, 0.1) is 0 Å². The predicted molar refractivity (Wildman–Crippen MR) is 66.1 cm³/mol. The molecule has 1 aliphatic rings. The van der Waals surface area contributed by atoms with Crippen molar-refractivity contribution in [1.82, 2.24) is 0 Å². The first-order valence-electron chi connectivity index (χ1n) is 5.32. The summed E-state index contributed by atoms with van der Waals surface area (Å²) in [5, 5.41) is 9.87. The molecule has 1 heterocycles. The first-order valence-corrected chi connectivity index (χ1v) is 5.32. The molecule has 2 aromatic rings. The summed E-state index contributed by atoms with van der Waals surface area (Å²) < 4.78 is 5.18. The van der Waals surface area contributed by atoms with Gasteiger partial charge in [0.1, 0.15) is 0 Å². The second-order valence-corrected chi connectivity index (χ2v) is 3.49. The largest absolute Gasteiger partial charge is 2.00 e. The molecule has 1 aromatic heterocycles. The molecule has 18 heavy (non-hydrogen) atoms. The smallest absolute Gasteiger partial charge is 0.877 e. The molecular weight excluding hydrogens is 268 g/mol. The molecule has 0 saturated heterocycles. The summed E-state index contributed by atoms with van der Waals surface area (Å²) in [4.78, 5) is 0. The fourth-order valence-electron chi connectivity index (χ4n) is 1.45. The van der Waals surface area contributed by atoms with Crippen LogP contribution in [-0.4, -0.2) is 0 Å². The average molecular weight is 280 g/mol. The maximum absolute atomic E-state index is 9.87. The van der Waals surface area contributed by atoms with Crippen molar-refractivity contribution in [3.8, 4) is 11.3 Å². The van der Waals surface area contributed by atoms with E-state index in [4.69, 9.17) is 4.42 Å². The zero-order chi connectivity index (χ0) is 11.9. The topological polar surface area (TPSA) is 34.4 Å². The van der Waals surface area contributed by atoms with Crippen LogP contribution in [0.1, 0.15) is 0 Å². The Morgan fingerprint density at radius 1 is 1.22 bits per heavy atom. The number of hydrogen-bond acceptors (Lipinski definition) is 1. The molecule has 0 unspecified atom stereocenters. The summed E-state index contributed by atoms with van der Waals surface area (Å²) in [5.74, 6) is 0.935. The van der Waals surface area contributed by atoms with Gasteiger partial charge in [0.2, 0.25) is 0 Å². The van der Waals surface area contributed by atoms with Crippen LogP contribution in [0.15, 0.2) is 83.2 Å². The zero-order valence-corrected chi connectivity index (χ0v) is 10.7. The summed E-state index contributed by atoms with van der Waals surface area (Å²) in [6, 6.07) is 11.9. The minimum absolute atomic E-state index is 0. The summed E-state index contributed by atoms with van der Waals surface area (Å²) >= 11 is 0. The summed E-state index contributed by atoms with van der Waals surface area (Å²) in [6.45, 7) is 0. The molecule has 0 N–H and O–H groups in total. The zero-order valence-electron chi connectivity index (χ0n) is 9.60. The minimum Gasteiger partial charge on any atom is -0.877 e. The number of furan rings is 1. The number of allylic oxidation sites excluding steroid dienone is 5. The van der Waals surface area contributed by atoms with E-state index in [9.17, 15) is 5.11 Å². The quantitative estimate of drug-likeness (QED) is 0.348. The number of hydrogen-bond donors (Lipinski definition) is 0. The molecule has 0 fully saturated rings. The van der Waals surface area contributed by atoms with Crippen molar-refractivity contribution < 1.29 is 26.6 Å². The molecule has 1 aliphatic carbocycles. The molecule has 3 rings (SSSR count). The van der Waals surface area contributed by atoms with Gasteiger partial charge >= 0.3 is 17.1 Å². The predicted octanol–water partition coefficient (Wildman–Crippen LogP) is 3.02. The summed E-state index contributed by atoms with van der Waals surface area (Å²) in [5.41, 5.74) is 1.89. The van der Waals surface area contributed by atoms with Gasteiger partial charge in [-0.05, 0) is 11.6 Å². The van der Waals surface area contributed by atoms with Crippen LogP contribution in [0.25, 0.3) is 11.3 Å². The van der Waals surface area contributed by atoms with E-state index in [1.807, 2.05) is 48.6 Å². The van der Waals surface area contributed by atoms with Crippen molar-refractivity contribution in [2.75, 3.05) is 0 Å². The van der Waals surface area contributed by atoms with Crippen LogP contribution in [0.2, 0.25) is 0 Å². The minimum atomic E-state index is 0. The van der Waals surface area contributed by atoms with Crippen molar-refractivity contribution >= 4 is 0 Å². The Balaban J connectivity index is 0.000000181. The van der Waals surface area contributed by atoms with E-state index < -0.39 is 0 Å². The maximum atomic E-state index is 9.87. The first kappa shape index (κ1) is 14.2. The van der Waals surface area contributed by atoms with Gasteiger partial charge in [-0.15, -0.1) is 6.26 Å². The summed E-state index contributed by atoms with van der Waals surface area (Å²) in [6.07, 6.45) is 9.73. The maximum Gasteiger partial charge on any atom is 2.00 e. The third-order valence-corrected chi connectivity index (χ3v) is 2.29. The molecule has 0 bridgehead atoms. The Morgan fingerprint density at radius 3 is 2.44 bits per heavy atom. The van der Waals surface area contributed by atoms with Crippen LogP contribution in [-0.2, 0) is 17.1 Å². The van der Waals surface area contributed by atoms with Crippen LogP contribution < -0.4 is 5.11 Å². The summed E-state index contributed by atoms with van der Waals surface area (Å²) in [7, 11) is 0. The molecular formula is C15H12FeO2. The Morgan fingerprint density at radius 2 is 2.00 bits per heavy atom. The fraction of sp³-hybridized carbons (Fsp3) is 0. The van der Waals surface area contributed by atoms with Gasteiger partial charge in [-0.2, -0.15) is 5.56 Å². The molecule has 0 aliphatic heterocycles. The second-order valence-electron chi connectivity index (χ2n) is 3.49. The van der Waals surface area contributed by atoms with E-state index in [2.05, 4.69) is 0 Å². The Labute approximate surface area is 117 Å². The van der Waals surface area contributed by atoms with Crippen molar-refractivity contribution in [3.63, 3.8) is 0 Å². The standard InChI is InChI=1S/C9H7O.C6H6O.Fe/c1-2-5-8(4-1)9-6-3-7-10-9;7-5-6-3-1-2-4-6;/h1-7H;1-5,7H;/q-1;;+2/p-1. The van der Waals surface area contributed by atoms with Gasteiger partial charge in [0.15, 0.2) is 5.76 Å². The van der Waals surface area contributed by atoms with Gasteiger partial charge in [-0.25, -0.2) is 12.1 Å². The monoisotopic (exact) mass is 280 g/mol. The third kappa shape index (κ3) is 3.88. The molecule has 3 heteroatoms. The Bertz CT molecular complexity index is 471. The third-order valence-electron chi connectivity index (χ3n) is 2.29. The van der Waals surface area contributed by atoms with E-state index in [1.165, 1.54) is 0 Å².